The Morgan fingerprint density at radius 3 is 2.66 bits per heavy atom. The molecular formula is C25H29N3O4. The number of nitrogens with zero attached hydrogens (tertiary/aromatic N) is 2. The largest absolute Gasteiger partial charge is 0.436 e. The summed E-state index contributed by atoms with van der Waals surface area (Å²) in [5, 5.41) is 2.99. The second kappa shape index (κ2) is 9.53. The molecule has 0 saturated heterocycles. The Morgan fingerprint density at radius 2 is 1.94 bits per heavy atom. The van der Waals surface area contributed by atoms with Gasteiger partial charge in [0.2, 0.25) is 11.8 Å². The molecule has 7 nitrogen and oxygen atoms in total. The number of hydrogen-bond donors (Lipinski definition) is 1. The molecule has 3 aromatic rings. The number of fused-ring (bicyclic) bond motifs is 1. The van der Waals surface area contributed by atoms with Crippen LogP contribution in [0, 0.1) is 5.92 Å². The average Bonchev–Trinajstić information content (AvgIpc) is 3.46. The maximum atomic E-state index is 13.0. The first kappa shape index (κ1) is 22.0. The number of rotatable bonds is 7. The molecule has 2 amide bonds. The van der Waals surface area contributed by atoms with Crippen molar-refractivity contribution < 1.29 is 18.7 Å². The Hall–Kier alpha value is -3.19. The zero-order valence-corrected chi connectivity index (χ0v) is 18.7. The monoisotopic (exact) mass is 435 g/mol. The lowest BCUT2D eigenvalue weighted by Crippen LogP contribution is -2.40. The second-order valence-electron chi connectivity index (χ2n) is 8.51. The molecule has 2 aromatic carbocycles. The fraction of sp³-hybridized carbons (Fsp3) is 0.400. The first-order valence-corrected chi connectivity index (χ1v) is 11.0. The van der Waals surface area contributed by atoms with E-state index in [9.17, 15) is 9.59 Å². The minimum absolute atomic E-state index is 0.0225. The number of nitrogens with one attached hydrogen (secondary N) is 1. The van der Waals surface area contributed by atoms with E-state index in [0.29, 0.717) is 24.5 Å². The van der Waals surface area contributed by atoms with Crippen LogP contribution in [0.3, 0.4) is 0 Å². The van der Waals surface area contributed by atoms with Crippen molar-refractivity contribution in [3.8, 4) is 11.5 Å². The van der Waals surface area contributed by atoms with Crippen LogP contribution >= 0.6 is 0 Å². The number of oxazole rings is 1. The predicted molar refractivity (Wildman–Crippen MR) is 122 cm³/mol. The lowest BCUT2D eigenvalue weighted by Gasteiger charge is -2.25. The molecule has 0 spiro atoms. The van der Waals surface area contributed by atoms with Crippen LogP contribution in [-0.4, -0.2) is 54.5 Å². The lowest BCUT2D eigenvalue weighted by molar-refractivity contribution is -0.125. The van der Waals surface area contributed by atoms with Gasteiger partial charge in [0.1, 0.15) is 5.52 Å². The van der Waals surface area contributed by atoms with E-state index >= 15 is 0 Å². The molecule has 1 N–H and O–H groups in total. The van der Waals surface area contributed by atoms with Crippen molar-refractivity contribution in [3.63, 3.8) is 0 Å². The smallest absolute Gasteiger partial charge is 0.253 e. The van der Waals surface area contributed by atoms with E-state index < -0.39 is 0 Å². The van der Waals surface area contributed by atoms with E-state index in [0.717, 1.165) is 29.5 Å². The van der Waals surface area contributed by atoms with Crippen LogP contribution < -0.4 is 5.32 Å². The lowest BCUT2D eigenvalue weighted by atomic mass is 10.1. The molecule has 1 aliphatic carbocycles. The molecule has 3 atom stereocenters. The number of aromatic nitrogens is 1. The van der Waals surface area contributed by atoms with Gasteiger partial charge in [-0.25, -0.2) is 4.98 Å². The summed E-state index contributed by atoms with van der Waals surface area (Å²) in [7, 11) is 3.43. The molecule has 1 saturated carbocycles. The van der Waals surface area contributed by atoms with Crippen molar-refractivity contribution >= 4 is 22.9 Å². The number of benzene rings is 2. The molecule has 1 aliphatic rings. The summed E-state index contributed by atoms with van der Waals surface area (Å²) >= 11 is 0. The molecule has 1 fully saturated rings. The highest BCUT2D eigenvalue weighted by molar-refractivity contribution is 5.95. The third kappa shape index (κ3) is 4.67. The van der Waals surface area contributed by atoms with Crippen molar-refractivity contribution in [2.45, 2.75) is 38.3 Å². The summed E-state index contributed by atoms with van der Waals surface area (Å²) in [6, 6.07) is 15.0. The van der Waals surface area contributed by atoms with Crippen LogP contribution in [0.4, 0.5) is 0 Å². The topological polar surface area (TPSA) is 84.7 Å². The predicted octanol–water partition coefficient (Wildman–Crippen LogP) is 3.89. The quantitative estimate of drug-likeness (QED) is 0.609. The van der Waals surface area contributed by atoms with Crippen LogP contribution in [0.2, 0.25) is 0 Å². The van der Waals surface area contributed by atoms with E-state index in [1.165, 1.54) is 0 Å². The fourth-order valence-electron chi connectivity index (χ4n) is 4.32. The molecule has 0 radical (unpaired) electrons. The zero-order chi connectivity index (χ0) is 22.7. The molecule has 0 aliphatic heterocycles. The zero-order valence-electron chi connectivity index (χ0n) is 18.7. The maximum absolute atomic E-state index is 13.0. The van der Waals surface area contributed by atoms with Gasteiger partial charge < -0.3 is 19.4 Å². The van der Waals surface area contributed by atoms with E-state index in [1.54, 1.807) is 24.1 Å². The summed E-state index contributed by atoms with van der Waals surface area (Å²) < 4.78 is 10.9. The summed E-state index contributed by atoms with van der Waals surface area (Å²) in [5.74, 6) is 0.454. The number of carbonyl (C=O) groups excluding carboxylic acids is 2. The highest BCUT2D eigenvalue weighted by atomic mass is 16.5. The number of amides is 2. The van der Waals surface area contributed by atoms with Gasteiger partial charge in [0.05, 0.1) is 6.61 Å². The van der Waals surface area contributed by atoms with Crippen molar-refractivity contribution in [2.24, 2.45) is 5.92 Å². The third-order valence-corrected chi connectivity index (χ3v) is 6.12. The van der Waals surface area contributed by atoms with Gasteiger partial charge in [0.15, 0.2) is 5.58 Å². The van der Waals surface area contributed by atoms with Crippen molar-refractivity contribution in [3.05, 3.63) is 54.1 Å². The van der Waals surface area contributed by atoms with E-state index in [1.807, 2.05) is 50.4 Å². The molecular weight excluding hydrogens is 406 g/mol. The summed E-state index contributed by atoms with van der Waals surface area (Å²) in [4.78, 5) is 31.8. The normalized spacial score (nSPS) is 19.1. The SMILES string of the molecule is COC[C@H](C)NC(=O)[C@H]1CC[C@@H](N(C)C(=O)c2ccc(-c3nc4ccccc4o3)cc2)C1. The first-order valence-electron chi connectivity index (χ1n) is 11.0. The van der Waals surface area contributed by atoms with Gasteiger partial charge in [-0.1, -0.05) is 12.1 Å². The summed E-state index contributed by atoms with van der Waals surface area (Å²) in [6.45, 7) is 2.41. The van der Waals surface area contributed by atoms with Crippen LogP contribution in [0.15, 0.2) is 52.9 Å². The van der Waals surface area contributed by atoms with Gasteiger partial charge in [-0.2, -0.15) is 0 Å². The maximum Gasteiger partial charge on any atom is 0.253 e. The number of carbonyl (C=O) groups is 2. The fourth-order valence-corrected chi connectivity index (χ4v) is 4.32. The summed E-state index contributed by atoms with van der Waals surface area (Å²) in [6.07, 6.45) is 2.28. The van der Waals surface area contributed by atoms with Crippen molar-refractivity contribution in [1.82, 2.24) is 15.2 Å². The number of ether oxygens (including phenoxy) is 1. The molecule has 0 bridgehead atoms. The van der Waals surface area contributed by atoms with Gasteiger partial charge in [0.25, 0.3) is 5.91 Å². The average molecular weight is 436 g/mol. The van der Waals surface area contributed by atoms with Crippen molar-refractivity contribution in [2.75, 3.05) is 20.8 Å². The van der Waals surface area contributed by atoms with E-state index in [2.05, 4.69) is 10.3 Å². The summed E-state index contributed by atoms with van der Waals surface area (Å²) in [5.41, 5.74) is 2.97. The van der Waals surface area contributed by atoms with E-state index in [4.69, 9.17) is 9.15 Å². The number of methoxy groups -OCH3 is 1. The van der Waals surface area contributed by atoms with Crippen molar-refractivity contribution in [1.29, 1.82) is 0 Å². The van der Waals surface area contributed by atoms with E-state index in [-0.39, 0.29) is 29.8 Å². The van der Waals surface area contributed by atoms with Gasteiger partial charge >= 0.3 is 0 Å². The highest BCUT2D eigenvalue weighted by Crippen LogP contribution is 2.30. The van der Waals surface area contributed by atoms with Crippen LogP contribution in [0.5, 0.6) is 0 Å². The third-order valence-electron chi connectivity index (χ3n) is 6.12. The van der Waals surface area contributed by atoms with Crippen LogP contribution in [0.25, 0.3) is 22.6 Å². The minimum Gasteiger partial charge on any atom is -0.436 e. The second-order valence-corrected chi connectivity index (χ2v) is 8.51. The molecule has 4 rings (SSSR count). The minimum atomic E-state index is -0.0731. The molecule has 1 aromatic heterocycles. The number of para-hydroxylation sites is 2. The molecule has 32 heavy (non-hydrogen) atoms. The Morgan fingerprint density at radius 1 is 1.19 bits per heavy atom. The molecule has 0 unspecified atom stereocenters. The van der Waals surface area contributed by atoms with Gasteiger partial charge in [0, 0.05) is 43.3 Å². The molecule has 168 valence electrons. The Kier molecular flexibility index (Phi) is 6.55. The Labute approximate surface area is 187 Å². The molecule has 1 heterocycles. The standard InChI is InChI=1S/C25H29N3O4/c1-16(15-31-3)26-23(29)19-12-13-20(14-19)28(2)25(30)18-10-8-17(9-11-18)24-27-21-6-4-5-7-22(21)32-24/h4-11,16,19-20H,12-15H2,1-3H3,(H,26,29)/t16-,19-,20+/m0/s1. The van der Waals surface area contributed by atoms with Gasteiger partial charge in [-0.15, -0.1) is 0 Å². The first-order chi connectivity index (χ1) is 15.5. The van der Waals surface area contributed by atoms with Crippen LogP contribution in [-0.2, 0) is 9.53 Å². The van der Waals surface area contributed by atoms with Gasteiger partial charge in [-0.05, 0) is 62.6 Å². The molecule has 7 heteroatoms. The Bertz CT molecular complexity index is 1060. The highest BCUT2D eigenvalue weighted by Gasteiger charge is 2.34. The van der Waals surface area contributed by atoms with Crippen LogP contribution in [0.1, 0.15) is 36.5 Å². The van der Waals surface area contributed by atoms with Gasteiger partial charge in [-0.3, -0.25) is 9.59 Å². The number of hydrogen-bond acceptors (Lipinski definition) is 5. The Balaban J connectivity index is 1.38.